The van der Waals surface area contributed by atoms with Crippen molar-refractivity contribution >= 4 is 28.9 Å². The van der Waals surface area contributed by atoms with E-state index in [2.05, 4.69) is 23.1 Å². The number of anilines is 1. The van der Waals surface area contributed by atoms with Crippen LogP contribution in [-0.4, -0.2) is 19.2 Å². The number of aliphatic hydroxyl groups is 1. The van der Waals surface area contributed by atoms with Crippen LogP contribution in [0.2, 0.25) is 10.0 Å². The Morgan fingerprint density at radius 1 is 0.815 bits per heavy atom. The van der Waals surface area contributed by atoms with E-state index >= 15 is 0 Å². The van der Waals surface area contributed by atoms with Crippen LogP contribution >= 0.6 is 23.2 Å². The van der Waals surface area contributed by atoms with Gasteiger partial charge in [-0.25, -0.2) is 0 Å². The van der Waals surface area contributed by atoms with Crippen LogP contribution in [0.4, 0.5) is 5.69 Å². The second kappa shape index (κ2) is 8.32. The Bertz CT molecular complexity index is 926. The van der Waals surface area contributed by atoms with Crippen molar-refractivity contribution in [3.8, 4) is 11.1 Å². The highest BCUT2D eigenvalue weighted by molar-refractivity contribution is 6.42. The van der Waals surface area contributed by atoms with E-state index in [9.17, 15) is 5.11 Å². The van der Waals surface area contributed by atoms with Crippen LogP contribution < -0.4 is 10.6 Å². The Balaban J connectivity index is 1.82. The average Bonchev–Trinajstić information content (AvgIpc) is 2.69. The number of rotatable bonds is 5. The van der Waals surface area contributed by atoms with Crippen LogP contribution in [-0.2, 0) is 0 Å². The number of benzene rings is 3. The van der Waals surface area contributed by atoms with Crippen molar-refractivity contribution < 1.29 is 5.11 Å². The molecule has 2 unspecified atom stereocenters. The lowest BCUT2D eigenvalue weighted by molar-refractivity contribution is 0.147. The molecule has 27 heavy (non-hydrogen) atoms. The van der Waals surface area contributed by atoms with Crippen molar-refractivity contribution in [1.82, 2.24) is 0 Å². The standard InChI is InChI=1S/C22H22Cl2N2O/c1-26(2)18-5-3-4-16(12-18)14-6-8-15(9-7-14)22(27)21(25)17-10-11-19(23)20(24)13-17/h3-13,21-22,27H,25H2,1-2H3. The monoisotopic (exact) mass is 400 g/mol. The number of halogens is 2. The molecule has 0 aliphatic heterocycles. The molecule has 0 aromatic heterocycles. The molecule has 0 saturated heterocycles. The normalized spacial score (nSPS) is 13.3. The summed E-state index contributed by atoms with van der Waals surface area (Å²) in [6, 6.07) is 20.7. The van der Waals surface area contributed by atoms with E-state index in [-0.39, 0.29) is 0 Å². The predicted molar refractivity (Wildman–Crippen MR) is 115 cm³/mol. The zero-order chi connectivity index (χ0) is 19.6. The highest BCUT2D eigenvalue weighted by Crippen LogP contribution is 2.32. The van der Waals surface area contributed by atoms with Gasteiger partial charge in [0.2, 0.25) is 0 Å². The lowest BCUT2D eigenvalue weighted by Gasteiger charge is -2.20. The van der Waals surface area contributed by atoms with Crippen LogP contribution in [0.15, 0.2) is 66.7 Å². The number of hydrogen-bond donors (Lipinski definition) is 2. The average molecular weight is 401 g/mol. The van der Waals surface area contributed by atoms with Crippen molar-refractivity contribution in [2.75, 3.05) is 19.0 Å². The fourth-order valence-corrected chi connectivity index (χ4v) is 3.25. The summed E-state index contributed by atoms with van der Waals surface area (Å²) in [4.78, 5) is 2.07. The summed E-state index contributed by atoms with van der Waals surface area (Å²) >= 11 is 12.0. The molecule has 0 aliphatic rings. The summed E-state index contributed by atoms with van der Waals surface area (Å²) in [5.41, 5.74) is 11.1. The van der Waals surface area contributed by atoms with Crippen LogP contribution in [0.3, 0.4) is 0 Å². The summed E-state index contributed by atoms with van der Waals surface area (Å²) in [5, 5.41) is 11.6. The van der Waals surface area contributed by atoms with E-state index in [0.717, 1.165) is 27.9 Å². The molecular weight excluding hydrogens is 379 g/mol. The molecule has 3 N–H and O–H groups in total. The van der Waals surface area contributed by atoms with Gasteiger partial charge in [0.1, 0.15) is 0 Å². The van der Waals surface area contributed by atoms with E-state index in [0.29, 0.717) is 10.0 Å². The fraction of sp³-hybridized carbons (Fsp3) is 0.182. The molecule has 0 spiro atoms. The third kappa shape index (κ3) is 4.45. The zero-order valence-electron chi connectivity index (χ0n) is 15.2. The predicted octanol–water partition coefficient (Wildman–Crippen LogP) is 5.46. The Kier molecular flexibility index (Phi) is 6.08. The molecule has 0 saturated carbocycles. The lowest BCUT2D eigenvalue weighted by Crippen LogP contribution is -2.19. The molecule has 5 heteroatoms. The molecule has 3 aromatic rings. The van der Waals surface area contributed by atoms with E-state index in [1.165, 1.54) is 0 Å². The van der Waals surface area contributed by atoms with E-state index in [4.69, 9.17) is 28.9 Å². The van der Waals surface area contributed by atoms with Gasteiger partial charge in [0.25, 0.3) is 0 Å². The number of aliphatic hydroxyl groups excluding tert-OH is 1. The highest BCUT2D eigenvalue weighted by atomic mass is 35.5. The van der Waals surface area contributed by atoms with E-state index < -0.39 is 12.1 Å². The minimum absolute atomic E-state index is 0.424. The van der Waals surface area contributed by atoms with E-state index in [1.807, 2.05) is 44.4 Å². The lowest BCUT2D eigenvalue weighted by atomic mass is 9.95. The van der Waals surface area contributed by atoms with Gasteiger partial charge < -0.3 is 15.7 Å². The van der Waals surface area contributed by atoms with Crippen molar-refractivity contribution in [3.05, 3.63) is 87.9 Å². The summed E-state index contributed by atoms with van der Waals surface area (Å²) in [6.45, 7) is 0. The second-order valence-electron chi connectivity index (χ2n) is 6.71. The van der Waals surface area contributed by atoms with Gasteiger partial charge in [-0.3, -0.25) is 0 Å². The van der Waals surface area contributed by atoms with Gasteiger partial charge in [-0.2, -0.15) is 0 Å². The van der Waals surface area contributed by atoms with Crippen molar-refractivity contribution in [2.45, 2.75) is 12.1 Å². The Hall–Kier alpha value is -2.04. The quantitative estimate of drug-likeness (QED) is 0.597. The summed E-state index contributed by atoms with van der Waals surface area (Å²) in [7, 11) is 4.03. The first-order valence-corrected chi connectivity index (χ1v) is 9.38. The maximum atomic E-state index is 10.7. The van der Waals surface area contributed by atoms with Gasteiger partial charge in [-0.05, 0) is 46.5 Å². The molecule has 0 heterocycles. The molecule has 0 aliphatic carbocycles. The molecule has 3 nitrogen and oxygen atoms in total. The first kappa shape index (κ1) is 19.7. The molecular formula is C22H22Cl2N2O. The number of nitrogens with two attached hydrogens (primary N) is 1. The van der Waals surface area contributed by atoms with Crippen LogP contribution in [0.25, 0.3) is 11.1 Å². The SMILES string of the molecule is CN(C)c1cccc(-c2ccc(C(O)C(N)c3ccc(Cl)c(Cl)c3)cc2)c1. The molecule has 0 bridgehead atoms. The third-order valence-electron chi connectivity index (χ3n) is 4.62. The number of hydrogen-bond acceptors (Lipinski definition) is 3. The molecule has 0 radical (unpaired) electrons. The van der Waals surface area contributed by atoms with Gasteiger partial charge >= 0.3 is 0 Å². The topological polar surface area (TPSA) is 49.5 Å². The Morgan fingerprint density at radius 2 is 1.48 bits per heavy atom. The Morgan fingerprint density at radius 3 is 2.11 bits per heavy atom. The van der Waals surface area contributed by atoms with Gasteiger partial charge in [-0.15, -0.1) is 0 Å². The minimum Gasteiger partial charge on any atom is -0.386 e. The fourth-order valence-electron chi connectivity index (χ4n) is 2.95. The van der Waals surface area contributed by atoms with Crippen LogP contribution in [0.5, 0.6) is 0 Å². The third-order valence-corrected chi connectivity index (χ3v) is 5.36. The zero-order valence-corrected chi connectivity index (χ0v) is 16.7. The molecule has 0 fully saturated rings. The first-order chi connectivity index (χ1) is 12.9. The molecule has 2 atom stereocenters. The molecule has 0 amide bonds. The van der Waals surface area contributed by atoms with Crippen molar-refractivity contribution in [1.29, 1.82) is 0 Å². The van der Waals surface area contributed by atoms with Gasteiger partial charge in [-0.1, -0.05) is 65.7 Å². The van der Waals surface area contributed by atoms with Gasteiger partial charge in [0.05, 0.1) is 22.2 Å². The van der Waals surface area contributed by atoms with Gasteiger partial charge in [0, 0.05) is 19.8 Å². The summed E-state index contributed by atoms with van der Waals surface area (Å²) in [6.07, 6.45) is -0.843. The highest BCUT2D eigenvalue weighted by Gasteiger charge is 2.19. The van der Waals surface area contributed by atoms with Gasteiger partial charge in [0.15, 0.2) is 0 Å². The maximum Gasteiger partial charge on any atom is 0.0982 e. The van der Waals surface area contributed by atoms with E-state index in [1.54, 1.807) is 18.2 Å². The van der Waals surface area contributed by atoms with Crippen molar-refractivity contribution in [3.63, 3.8) is 0 Å². The number of nitrogens with zero attached hydrogens (tertiary/aromatic N) is 1. The maximum absolute atomic E-state index is 10.7. The molecule has 3 rings (SSSR count). The minimum atomic E-state index is -0.843. The smallest absolute Gasteiger partial charge is 0.0982 e. The molecule has 3 aromatic carbocycles. The molecule has 140 valence electrons. The first-order valence-electron chi connectivity index (χ1n) is 8.63. The van der Waals surface area contributed by atoms with Crippen molar-refractivity contribution in [2.24, 2.45) is 5.73 Å². The second-order valence-corrected chi connectivity index (χ2v) is 7.53. The van der Waals surface area contributed by atoms with Crippen LogP contribution in [0, 0.1) is 0 Å². The largest absolute Gasteiger partial charge is 0.386 e. The Labute approximate surface area is 170 Å². The summed E-state index contributed by atoms with van der Waals surface area (Å²) in [5.74, 6) is 0. The summed E-state index contributed by atoms with van der Waals surface area (Å²) < 4.78 is 0. The van der Waals surface area contributed by atoms with Crippen LogP contribution in [0.1, 0.15) is 23.3 Å².